The summed E-state index contributed by atoms with van der Waals surface area (Å²) in [5.74, 6) is 1.06. The summed E-state index contributed by atoms with van der Waals surface area (Å²) >= 11 is 3.56. The smallest absolute Gasteiger partial charge is 0.134 e. The highest BCUT2D eigenvalue weighted by Crippen LogP contribution is 2.28. The zero-order valence-corrected chi connectivity index (χ0v) is 12.9. The van der Waals surface area contributed by atoms with Gasteiger partial charge in [0.15, 0.2) is 0 Å². The molecule has 0 amide bonds. The van der Waals surface area contributed by atoms with Crippen LogP contribution < -0.4 is 5.32 Å². The molecule has 0 saturated carbocycles. The van der Waals surface area contributed by atoms with Gasteiger partial charge < -0.3 is 9.73 Å². The molecule has 0 radical (unpaired) electrons. The molecule has 0 aliphatic heterocycles. The third kappa shape index (κ3) is 2.46. The molecule has 0 aliphatic rings. The van der Waals surface area contributed by atoms with Gasteiger partial charge in [-0.15, -0.1) is 0 Å². The molecule has 102 valence electrons. The number of furan rings is 1. The molecule has 0 spiro atoms. The van der Waals surface area contributed by atoms with Crippen molar-refractivity contribution in [2.45, 2.75) is 19.9 Å². The number of hydrogen-bond donors (Lipinski definition) is 1. The number of rotatable bonds is 4. The second-order valence-electron chi connectivity index (χ2n) is 4.69. The van der Waals surface area contributed by atoms with Crippen LogP contribution in [-0.4, -0.2) is 0 Å². The number of hydrogen-bond acceptors (Lipinski definition) is 2. The first-order valence-electron chi connectivity index (χ1n) is 6.77. The maximum absolute atomic E-state index is 5.92. The van der Waals surface area contributed by atoms with Crippen molar-refractivity contribution in [2.24, 2.45) is 0 Å². The third-order valence-electron chi connectivity index (χ3n) is 3.43. The van der Waals surface area contributed by atoms with Gasteiger partial charge in [-0.1, -0.05) is 37.3 Å². The van der Waals surface area contributed by atoms with Crippen LogP contribution in [0.4, 0.5) is 5.69 Å². The number of halogens is 1. The molecule has 3 rings (SSSR count). The van der Waals surface area contributed by atoms with E-state index in [1.54, 1.807) is 0 Å². The zero-order valence-electron chi connectivity index (χ0n) is 11.3. The van der Waals surface area contributed by atoms with Gasteiger partial charge in [-0.3, -0.25) is 0 Å². The maximum atomic E-state index is 5.92. The minimum atomic E-state index is 0.767. The highest BCUT2D eigenvalue weighted by molar-refractivity contribution is 9.10. The van der Waals surface area contributed by atoms with Gasteiger partial charge in [-0.2, -0.15) is 0 Å². The van der Waals surface area contributed by atoms with E-state index in [1.165, 1.54) is 10.9 Å². The standard InChI is InChI=1S/C17H16BrNO/c1-2-16-13(12-7-3-6-10-17(12)20-16)11-19-15-9-5-4-8-14(15)18/h3-10,19H,2,11H2,1H3. The van der Waals surface area contributed by atoms with Gasteiger partial charge in [0.2, 0.25) is 0 Å². The average molecular weight is 330 g/mol. The largest absolute Gasteiger partial charge is 0.461 e. The van der Waals surface area contributed by atoms with Crippen molar-refractivity contribution in [3.05, 3.63) is 64.3 Å². The van der Waals surface area contributed by atoms with Crippen LogP contribution in [0.25, 0.3) is 11.0 Å². The van der Waals surface area contributed by atoms with E-state index in [-0.39, 0.29) is 0 Å². The molecular formula is C17H16BrNO. The van der Waals surface area contributed by atoms with Crippen molar-refractivity contribution in [1.29, 1.82) is 0 Å². The van der Waals surface area contributed by atoms with Crippen molar-refractivity contribution in [3.63, 3.8) is 0 Å². The lowest BCUT2D eigenvalue weighted by atomic mass is 10.1. The fourth-order valence-electron chi connectivity index (χ4n) is 2.42. The van der Waals surface area contributed by atoms with E-state index in [1.807, 2.05) is 30.3 Å². The van der Waals surface area contributed by atoms with Crippen LogP contribution in [0.3, 0.4) is 0 Å². The predicted octanol–water partition coefficient (Wildman–Crippen LogP) is 5.37. The Bertz CT molecular complexity index is 733. The van der Waals surface area contributed by atoms with Crippen molar-refractivity contribution in [3.8, 4) is 0 Å². The summed E-state index contributed by atoms with van der Waals surface area (Å²) in [6.45, 7) is 2.89. The van der Waals surface area contributed by atoms with Crippen molar-refractivity contribution in [2.75, 3.05) is 5.32 Å². The monoisotopic (exact) mass is 329 g/mol. The second kappa shape index (κ2) is 5.71. The molecule has 0 fully saturated rings. The van der Waals surface area contributed by atoms with Gasteiger partial charge in [-0.05, 0) is 34.1 Å². The predicted molar refractivity (Wildman–Crippen MR) is 87.1 cm³/mol. The molecule has 0 bridgehead atoms. The quantitative estimate of drug-likeness (QED) is 0.696. The first-order chi connectivity index (χ1) is 9.79. The summed E-state index contributed by atoms with van der Waals surface area (Å²) in [6.07, 6.45) is 0.904. The highest BCUT2D eigenvalue weighted by atomic mass is 79.9. The topological polar surface area (TPSA) is 25.2 Å². The van der Waals surface area contributed by atoms with E-state index in [2.05, 4.69) is 46.4 Å². The molecule has 3 aromatic rings. The third-order valence-corrected chi connectivity index (χ3v) is 4.12. The molecular weight excluding hydrogens is 314 g/mol. The van der Waals surface area contributed by atoms with Gasteiger partial charge >= 0.3 is 0 Å². The summed E-state index contributed by atoms with van der Waals surface area (Å²) < 4.78 is 6.99. The van der Waals surface area contributed by atoms with Gasteiger partial charge in [0.1, 0.15) is 11.3 Å². The lowest BCUT2D eigenvalue weighted by Gasteiger charge is -2.08. The number of anilines is 1. The van der Waals surface area contributed by atoms with E-state index in [9.17, 15) is 0 Å². The van der Waals surface area contributed by atoms with Gasteiger partial charge in [0.05, 0.1) is 0 Å². The Labute approximate surface area is 126 Å². The van der Waals surface area contributed by atoms with E-state index in [0.717, 1.165) is 34.5 Å². The second-order valence-corrected chi connectivity index (χ2v) is 5.54. The Morgan fingerprint density at radius 3 is 2.60 bits per heavy atom. The highest BCUT2D eigenvalue weighted by Gasteiger charge is 2.12. The SMILES string of the molecule is CCc1oc2ccccc2c1CNc1ccccc1Br. The fraction of sp³-hybridized carbons (Fsp3) is 0.176. The first kappa shape index (κ1) is 13.3. The Morgan fingerprint density at radius 2 is 1.80 bits per heavy atom. The Morgan fingerprint density at radius 1 is 1.05 bits per heavy atom. The van der Waals surface area contributed by atoms with Gasteiger partial charge in [0.25, 0.3) is 0 Å². The first-order valence-corrected chi connectivity index (χ1v) is 7.56. The van der Waals surface area contributed by atoms with Crippen LogP contribution in [-0.2, 0) is 13.0 Å². The van der Waals surface area contributed by atoms with Crippen LogP contribution in [0.15, 0.2) is 57.4 Å². The van der Waals surface area contributed by atoms with E-state index in [0.29, 0.717) is 0 Å². The molecule has 3 heteroatoms. The number of fused-ring (bicyclic) bond motifs is 1. The average Bonchev–Trinajstić information content (AvgIpc) is 2.84. The minimum absolute atomic E-state index is 0.767. The van der Waals surface area contributed by atoms with Gasteiger partial charge in [-0.25, -0.2) is 0 Å². The number of aryl methyl sites for hydroxylation is 1. The molecule has 1 heterocycles. The van der Waals surface area contributed by atoms with Crippen molar-refractivity contribution < 1.29 is 4.42 Å². The van der Waals surface area contributed by atoms with Crippen LogP contribution in [0, 0.1) is 0 Å². The lowest BCUT2D eigenvalue weighted by Crippen LogP contribution is -2.01. The Hall–Kier alpha value is -1.74. The molecule has 0 saturated heterocycles. The normalized spacial score (nSPS) is 10.9. The maximum Gasteiger partial charge on any atom is 0.134 e. The van der Waals surface area contributed by atoms with Crippen LogP contribution in [0.5, 0.6) is 0 Å². The summed E-state index contributed by atoms with van der Waals surface area (Å²) in [4.78, 5) is 0. The van der Waals surface area contributed by atoms with Gasteiger partial charge in [0, 0.05) is 34.1 Å². The minimum Gasteiger partial charge on any atom is -0.461 e. The molecule has 0 atom stereocenters. The summed E-state index contributed by atoms with van der Waals surface area (Å²) in [5.41, 5.74) is 3.31. The molecule has 0 aliphatic carbocycles. The molecule has 2 aromatic carbocycles. The summed E-state index contributed by atoms with van der Waals surface area (Å²) in [7, 11) is 0. The summed E-state index contributed by atoms with van der Waals surface area (Å²) in [5, 5.41) is 4.67. The molecule has 1 aromatic heterocycles. The van der Waals surface area contributed by atoms with Crippen LogP contribution in [0.2, 0.25) is 0 Å². The van der Waals surface area contributed by atoms with Crippen LogP contribution >= 0.6 is 15.9 Å². The van der Waals surface area contributed by atoms with Crippen molar-refractivity contribution in [1.82, 2.24) is 0 Å². The van der Waals surface area contributed by atoms with Crippen LogP contribution in [0.1, 0.15) is 18.2 Å². The lowest BCUT2D eigenvalue weighted by molar-refractivity contribution is 0.551. The fourth-order valence-corrected chi connectivity index (χ4v) is 2.84. The van der Waals surface area contributed by atoms with Crippen molar-refractivity contribution >= 4 is 32.6 Å². The molecule has 20 heavy (non-hydrogen) atoms. The number of para-hydroxylation sites is 2. The number of benzene rings is 2. The Balaban J connectivity index is 1.92. The van der Waals surface area contributed by atoms with E-state index < -0.39 is 0 Å². The van der Waals surface area contributed by atoms with E-state index in [4.69, 9.17) is 4.42 Å². The molecule has 2 nitrogen and oxygen atoms in total. The summed E-state index contributed by atoms with van der Waals surface area (Å²) in [6, 6.07) is 16.4. The Kier molecular flexibility index (Phi) is 3.79. The zero-order chi connectivity index (χ0) is 13.9. The number of nitrogens with one attached hydrogen (secondary N) is 1. The molecule has 1 N–H and O–H groups in total. The molecule has 0 unspecified atom stereocenters. The van der Waals surface area contributed by atoms with E-state index >= 15 is 0 Å².